The lowest BCUT2D eigenvalue weighted by molar-refractivity contribution is -0.127. The van der Waals surface area contributed by atoms with Crippen LogP contribution in [0.2, 0.25) is 0 Å². The minimum Gasteiger partial charge on any atom is -0.383 e. The van der Waals surface area contributed by atoms with Crippen molar-refractivity contribution >= 4 is 17.4 Å². The number of carbonyl (C=O) groups is 2. The summed E-state index contributed by atoms with van der Waals surface area (Å²) in [5, 5.41) is 0. The molecule has 0 bridgehead atoms. The zero-order chi connectivity index (χ0) is 17.5. The summed E-state index contributed by atoms with van der Waals surface area (Å²) in [5.74, 6) is -0.113. The highest BCUT2D eigenvalue weighted by Crippen LogP contribution is 2.25. The lowest BCUT2D eigenvalue weighted by atomic mass is 10.1. The van der Waals surface area contributed by atoms with Crippen molar-refractivity contribution in [3.63, 3.8) is 0 Å². The summed E-state index contributed by atoms with van der Waals surface area (Å²) in [6.45, 7) is 9.96. The fraction of sp³-hybridized carbons (Fsp3) is 0.263. The van der Waals surface area contributed by atoms with Gasteiger partial charge in [-0.2, -0.15) is 0 Å². The Morgan fingerprint density at radius 3 is 2.26 bits per heavy atom. The zero-order valence-corrected chi connectivity index (χ0v) is 14.2. The van der Waals surface area contributed by atoms with Crippen LogP contribution >= 0.6 is 0 Å². The van der Waals surface area contributed by atoms with Gasteiger partial charge in [0.05, 0.1) is 6.92 Å². The molecule has 23 heavy (non-hydrogen) atoms. The lowest BCUT2D eigenvalue weighted by Gasteiger charge is -2.32. The number of hydrogen-bond acceptors (Lipinski definition) is 3. The third kappa shape index (κ3) is 4.50. The second kappa shape index (κ2) is 8.25. The molecule has 0 N–H and O–H groups in total. The number of carbonyl (C=O) groups excluding carboxylic acids is 2. The van der Waals surface area contributed by atoms with Gasteiger partial charge in [0, 0.05) is 38.0 Å². The summed E-state index contributed by atoms with van der Waals surface area (Å²) in [6, 6.07) is 7.19. The Kier molecular flexibility index (Phi) is 6.66. The summed E-state index contributed by atoms with van der Waals surface area (Å²) in [6.07, 6.45) is 6.65. The molecule has 0 heterocycles. The normalized spacial score (nSPS) is 11.3. The summed E-state index contributed by atoms with van der Waals surface area (Å²) in [5.41, 5.74) is 1.32. The molecule has 1 rings (SSSR count). The average Bonchev–Trinajstić information content (AvgIpc) is 2.52. The number of allylic oxidation sites excluding steroid dienone is 1. The number of quaternary nitrogens is 1. The van der Waals surface area contributed by atoms with E-state index in [0.29, 0.717) is 18.7 Å². The molecule has 0 radical (unpaired) electrons. The molecule has 0 aliphatic carbocycles. The zero-order valence-electron chi connectivity index (χ0n) is 14.2. The Morgan fingerprint density at radius 2 is 1.78 bits per heavy atom. The predicted octanol–water partition coefficient (Wildman–Crippen LogP) is 3.17. The van der Waals surface area contributed by atoms with Crippen molar-refractivity contribution in [2.75, 3.05) is 27.2 Å². The summed E-state index contributed by atoms with van der Waals surface area (Å²) >= 11 is 0. The molecule has 122 valence electrons. The highest BCUT2D eigenvalue weighted by atomic mass is 16.2. The van der Waals surface area contributed by atoms with E-state index in [2.05, 4.69) is 13.2 Å². The van der Waals surface area contributed by atoms with Gasteiger partial charge in [0.15, 0.2) is 5.78 Å². The molecule has 0 aromatic heterocycles. The van der Waals surface area contributed by atoms with Crippen LogP contribution < -0.4 is 4.48 Å². The van der Waals surface area contributed by atoms with Gasteiger partial charge < -0.3 is 4.90 Å². The maximum absolute atomic E-state index is 12.3. The Hall–Kier alpha value is -2.46. The molecule has 4 heteroatoms. The van der Waals surface area contributed by atoms with Crippen LogP contribution in [-0.2, 0) is 4.79 Å². The van der Waals surface area contributed by atoms with Crippen LogP contribution in [0, 0.1) is 0 Å². The molecular formula is C19H25N2O2+. The predicted molar refractivity (Wildman–Crippen MR) is 96.2 cm³/mol. The van der Waals surface area contributed by atoms with Crippen LogP contribution in [0.5, 0.6) is 0 Å². The van der Waals surface area contributed by atoms with E-state index in [1.165, 1.54) is 6.08 Å². The molecule has 1 aromatic rings. The summed E-state index contributed by atoms with van der Waals surface area (Å²) < 4.78 is 0.0749. The van der Waals surface area contributed by atoms with Crippen molar-refractivity contribution in [1.29, 1.82) is 0 Å². The molecular weight excluding hydrogens is 288 g/mol. The second-order valence-corrected chi connectivity index (χ2v) is 5.62. The molecule has 1 aromatic carbocycles. The van der Waals surface area contributed by atoms with Gasteiger partial charge in [0.2, 0.25) is 0 Å². The van der Waals surface area contributed by atoms with Crippen molar-refractivity contribution in [3.8, 4) is 0 Å². The third-order valence-electron chi connectivity index (χ3n) is 3.63. The Balaban J connectivity index is 3.32. The summed E-state index contributed by atoms with van der Waals surface area (Å²) in [7, 11) is 3.71. The first-order chi connectivity index (χ1) is 10.9. The molecule has 0 aliphatic heterocycles. The largest absolute Gasteiger partial charge is 0.383 e. The molecule has 0 saturated carbocycles. The van der Waals surface area contributed by atoms with Crippen molar-refractivity contribution in [2.45, 2.75) is 6.92 Å². The maximum atomic E-state index is 12.3. The van der Waals surface area contributed by atoms with Crippen molar-refractivity contribution in [1.82, 2.24) is 9.38 Å². The molecule has 1 amide bonds. The van der Waals surface area contributed by atoms with Crippen molar-refractivity contribution in [3.05, 3.63) is 67.4 Å². The van der Waals surface area contributed by atoms with Gasteiger partial charge in [-0.15, -0.1) is 0 Å². The molecule has 0 saturated heterocycles. The Labute approximate surface area is 138 Å². The molecule has 0 fully saturated rings. The fourth-order valence-corrected chi connectivity index (χ4v) is 2.40. The van der Waals surface area contributed by atoms with Crippen LogP contribution in [0.1, 0.15) is 17.3 Å². The van der Waals surface area contributed by atoms with Crippen molar-refractivity contribution in [2.24, 2.45) is 0 Å². The Morgan fingerprint density at radius 1 is 1.17 bits per heavy atom. The van der Waals surface area contributed by atoms with E-state index in [1.54, 1.807) is 48.4 Å². The summed E-state index contributed by atoms with van der Waals surface area (Å²) in [4.78, 5) is 26.4. The first-order valence-corrected chi connectivity index (χ1v) is 7.47. The van der Waals surface area contributed by atoms with Gasteiger partial charge in [-0.3, -0.25) is 4.79 Å². The topological polar surface area (TPSA) is 37.4 Å². The van der Waals surface area contributed by atoms with E-state index in [4.69, 9.17) is 0 Å². The first kappa shape index (κ1) is 18.6. The minimum absolute atomic E-state index is 0.0155. The highest BCUT2D eigenvalue weighted by Gasteiger charge is 2.34. The first-order valence-electron chi connectivity index (χ1n) is 7.47. The number of nitrogens with zero attached hydrogens (tertiary/aromatic N) is 2. The van der Waals surface area contributed by atoms with Gasteiger partial charge in [-0.25, -0.2) is 9.28 Å². The lowest BCUT2D eigenvalue weighted by Crippen LogP contribution is -2.53. The van der Waals surface area contributed by atoms with E-state index in [1.807, 2.05) is 20.2 Å². The van der Waals surface area contributed by atoms with Crippen molar-refractivity contribution < 1.29 is 9.59 Å². The van der Waals surface area contributed by atoms with Crippen LogP contribution in [-0.4, -0.2) is 43.8 Å². The standard InChI is InChI=1S/C19H25N2O2/c1-6-13-21(14-7-2,16(3)22)18-10-8-9-17(15-18)19(23)11-12-20(4)5/h6-12,15H,1-2,13-14H2,3-5H3/q+1. The van der Waals surface area contributed by atoms with E-state index in [-0.39, 0.29) is 16.2 Å². The number of amides is 1. The van der Waals surface area contributed by atoms with Gasteiger partial charge in [0.1, 0.15) is 18.8 Å². The van der Waals surface area contributed by atoms with Gasteiger partial charge in [-0.05, 0) is 18.2 Å². The minimum atomic E-state index is -0.0978. The SMILES string of the molecule is C=CC[N+](CC=C)(C(C)=O)c1cccc(C(=O)C=CN(C)C)c1. The second-order valence-electron chi connectivity index (χ2n) is 5.62. The number of rotatable bonds is 8. The monoisotopic (exact) mass is 313 g/mol. The van der Waals surface area contributed by atoms with Gasteiger partial charge in [0.25, 0.3) is 0 Å². The average molecular weight is 313 g/mol. The Bertz CT molecular complexity index is 620. The fourth-order valence-electron chi connectivity index (χ4n) is 2.40. The van der Waals surface area contributed by atoms with E-state index in [0.717, 1.165) is 5.69 Å². The van der Waals surface area contributed by atoms with Gasteiger partial charge in [-0.1, -0.05) is 25.3 Å². The van der Waals surface area contributed by atoms with E-state index >= 15 is 0 Å². The van der Waals surface area contributed by atoms with Crippen LogP contribution in [0.25, 0.3) is 0 Å². The number of hydrogen-bond donors (Lipinski definition) is 0. The molecule has 0 aliphatic rings. The number of ketones is 1. The van der Waals surface area contributed by atoms with E-state index < -0.39 is 0 Å². The molecule has 0 unspecified atom stereocenters. The third-order valence-corrected chi connectivity index (χ3v) is 3.63. The van der Waals surface area contributed by atoms with Gasteiger partial charge >= 0.3 is 5.91 Å². The van der Waals surface area contributed by atoms with Crippen LogP contribution in [0.3, 0.4) is 0 Å². The smallest absolute Gasteiger partial charge is 0.316 e. The highest BCUT2D eigenvalue weighted by molar-refractivity contribution is 6.05. The van der Waals surface area contributed by atoms with Crippen LogP contribution in [0.4, 0.5) is 5.69 Å². The molecule has 0 atom stereocenters. The van der Waals surface area contributed by atoms with E-state index in [9.17, 15) is 9.59 Å². The molecule has 0 spiro atoms. The molecule has 4 nitrogen and oxygen atoms in total. The van der Waals surface area contributed by atoms with Crippen LogP contribution in [0.15, 0.2) is 61.9 Å². The maximum Gasteiger partial charge on any atom is 0.316 e. The number of benzene rings is 1. The quantitative estimate of drug-likeness (QED) is 0.320.